The van der Waals surface area contributed by atoms with E-state index < -0.39 is 36.4 Å². The fraction of sp³-hybridized carbons (Fsp3) is 0.0667. The molecule has 0 heterocycles. The van der Waals surface area contributed by atoms with E-state index in [1.165, 1.54) is 6.07 Å². The maximum absolute atomic E-state index is 12.8. The van der Waals surface area contributed by atoms with Gasteiger partial charge in [-0.25, -0.2) is 13.6 Å². The molecule has 1 amide bonds. The van der Waals surface area contributed by atoms with Crippen LogP contribution in [0.5, 0.6) is 0 Å². The molecule has 2 aromatic rings. The highest BCUT2D eigenvalue weighted by atomic mass is 35.5. The van der Waals surface area contributed by atoms with Crippen LogP contribution < -0.4 is 17.2 Å². The van der Waals surface area contributed by atoms with E-state index in [0.717, 1.165) is 18.2 Å². The minimum absolute atomic E-state index is 0.0131. The number of halogens is 5. The lowest BCUT2D eigenvalue weighted by Gasteiger charge is -2.02. The maximum atomic E-state index is 12.8. The van der Waals surface area contributed by atoms with Crippen molar-refractivity contribution in [3.05, 3.63) is 57.1 Å². The first-order valence-corrected chi connectivity index (χ1v) is 7.09. The molecule has 0 spiro atoms. The zero-order valence-corrected chi connectivity index (χ0v) is 14.4. The lowest BCUT2D eigenvalue weighted by molar-refractivity contribution is 0.0697. The number of carboxylic acids is 1. The van der Waals surface area contributed by atoms with Crippen molar-refractivity contribution in [2.75, 3.05) is 18.6 Å². The molecule has 26 heavy (non-hydrogen) atoms. The van der Waals surface area contributed by atoms with Crippen molar-refractivity contribution in [3.63, 3.8) is 0 Å². The number of anilines is 2. The van der Waals surface area contributed by atoms with E-state index in [2.05, 4.69) is 0 Å². The zero-order valence-electron chi connectivity index (χ0n) is 13.9. The van der Waals surface area contributed by atoms with Gasteiger partial charge in [-0.05, 0) is 24.3 Å². The number of primary amides is 1. The van der Waals surface area contributed by atoms with Crippen molar-refractivity contribution in [1.82, 2.24) is 0 Å². The van der Waals surface area contributed by atoms with Crippen molar-refractivity contribution in [1.29, 1.82) is 0 Å². The number of hydrogen-bond donors (Lipinski definition) is 4. The van der Waals surface area contributed by atoms with E-state index in [1.54, 1.807) is 0 Å². The van der Waals surface area contributed by atoms with Gasteiger partial charge in [0.15, 0.2) is 0 Å². The van der Waals surface area contributed by atoms with Crippen LogP contribution >= 0.6 is 23.2 Å². The second-order valence-electron chi connectivity index (χ2n) is 4.37. The maximum Gasteiger partial charge on any atom is 0.337 e. The topological polar surface area (TPSA) is 132 Å². The Kier molecular flexibility index (Phi) is 8.53. The second kappa shape index (κ2) is 10.4. The monoisotopic (exact) mass is 412 g/mol. The number of benzene rings is 2. The van der Waals surface area contributed by atoms with Crippen LogP contribution in [0.1, 0.15) is 22.1 Å². The number of nitrogens with two attached hydrogens (primary N) is 3. The molecule has 0 aliphatic heterocycles. The fourth-order valence-corrected chi connectivity index (χ4v) is 1.96. The number of aromatic carboxylic acids is 1. The van der Waals surface area contributed by atoms with Crippen LogP contribution in [0.15, 0.2) is 24.3 Å². The van der Waals surface area contributed by atoms with Gasteiger partial charge in [0.05, 0.1) is 31.0 Å². The summed E-state index contributed by atoms with van der Waals surface area (Å²) in [5, 5.41) is 8.62. The predicted molar refractivity (Wildman–Crippen MR) is 94.2 cm³/mol. The summed E-state index contributed by atoms with van der Waals surface area (Å²) < 4.78 is 41.0. The molecule has 2 rings (SSSR count). The Hall–Kier alpha value is -2.65. The first-order valence-electron chi connectivity index (χ1n) is 7.04. The van der Waals surface area contributed by atoms with Crippen molar-refractivity contribution < 1.29 is 29.2 Å². The first-order chi connectivity index (χ1) is 12.5. The summed E-state index contributed by atoms with van der Waals surface area (Å²) in [4.78, 5) is 21.1. The molecular weight excluding hydrogens is 398 g/mol. The number of rotatable bonds is 2. The van der Waals surface area contributed by atoms with Crippen LogP contribution in [0.3, 0.4) is 0 Å². The van der Waals surface area contributed by atoms with Crippen molar-refractivity contribution in [2.24, 2.45) is 5.73 Å². The molecule has 2 aromatic carbocycles. The third-order valence-electron chi connectivity index (χ3n) is 2.68. The molecular formula is C15H14Cl2F3N3O3. The Morgan fingerprint density at radius 2 is 1.35 bits per heavy atom. The molecule has 0 unspecified atom stereocenters. The largest absolute Gasteiger partial charge is 0.478 e. The van der Waals surface area contributed by atoms with Crippen LogP contribution in [0.4, 0.5) is 24.5 Å². The predicted octanol–water partition coefficient (Wildman–Crippen LogP) is 3.51. The molecule has 0 bridgehead atoms. The third-order valence-corrected chi connectivity index (χ3v) is 3.12. The quantitative estimate of drug-likeness (QED) is 0.560. The molecule has 0 saturated heterocycles. The lowest BCUT2D eigenvalue weighted by atomic mass is 10.1. The summed E-state index contributed by atoms with van der Waals surface area (Å²) in [7, 11) is -1.00. The van der Waals surface area contributed by atoms with Gasteiger partial charge in [0.25, 0.3) is 5.91 Å². The van der Waals surface area contributed by atoms with Crippen molar-refractivity contribution >= 4 is 46.5 Å². The highest BCUT2D eigenvalue weighted by Gasteiger charge is 2.13. The van der Waals surface area contributed by atoms with Gasteiger partial charge in [0.2, 0.25) is 0 Å². The van der Waals surface area contributed by atoms with Crippen LogP contribution in [0, 0.1) is 11.6 Å². The molecule has 0 aliphatic carbocycles. The number of amides is 1. The average molecular weight is 413 g/mol. The Morgan fingerprint density at radius 1 is 1.00 bits per heavy atom. The standard InChI is InChI=1S/C7H6ClFN2O.C7H5ClFNO2.CH3F/c2*8-3-1-4(7(11)12)6(10)5(9)2-3;1-2/h1-2H,10H2,(H2,11,12);1-2H,10H2,(H,11,12);1H3/i;;1D. The fourth-order valence-electron chi connectivity index (χ4n) is 1.55. The number of hydrogen-bond acceptors (Lipinski definition) is 4. The lowest BCUT2D eigenvalue weighted by Crippen LogP contribution is -2.14. The van der Waals surface area contributed by atoms with Gasteiger partial charge in [-0.1, -0.05) is 23.2 Å². The second-order valence-corrected chi connectivity index (χ2v) is 5.24. The van der Waals surface area contributed by atoms with E-state index >= 15 is 0 Å². The molecule has 7 N–H and O–H groups in total. The minimum Gasteiger partial charge on any atom is -0.478 e. The van der Waals surface area contributed by atoms with E-state index in [-0.39, 0.29) is 26.9 Å². The Morgan fingerprint density at radius 3 is 1.69 bits per heavy atom. The van der Waals surface area contributed by atoms with E-state index in [4.69, 9.17) is 46.9 Å². The summed E-state index contributed by atoms with van der Waals surface area (Å²) in [6.07, 6.45) is 0. The average Bonchev–Trinajstić information content (AvgIpc) is 2.55. The Labute approximate surface area is 157 Å². The molecule has 0 aromatic heterocycles. The summed E-state index contributed by atoms with van der Waals surface area (Å²) in [5.74, 6) is -3.65. The van der Waals surface area contributed by atoms with Crippen molar-refractivity contribution in [3.8, 4) is 0 Å². The van der Waals surface area contributed by atoms with Crippen LogP contribution in [-0.2, 0) is 0 Å². The number of carbonyl (C=O) groups excluding carboxylic acids is 1. The smallest absolute Gasteiger partial charge is 0.337 e. The van der Waals surface area contributed by atoms with Gasteiger partial charge in [0, 0.05) is 10.0 Å². The zero-order chi connectivity index (χ0) is 21.3. The van der Waals surface area contributed by atoms with Crippen LogP contribution in [0.25, 0.3) is 0 Å². The summed E-state index contributed by atoms with van der Waals surface area (Å²) >= 11 is 10.9. The molecule has 142 valence electrons. The Bertz CT molecular complexity index is 774. The SMILES string of the molecule is NC(=O)c1cc(Cl)cc(F)c1N.Nc1c(F)cc(Cl)cc1C(=O)O.[2H]CF. The molecule has 0 saturated carbocycles. The number of nitrogen functional groups attached to an aromatic ring is 2. The van der Waals surface area contributed by atoms with E-state index in [0.29, 0.717) is 0 Å². The van der Waals surface area contributed by atoms with E-state index in [9.17, 15) is 22.8 Å². The van der Waals surface area contributed by atoms with E-state index in [1.807, 2.05) is 0 Å². The summed E-state index contributed by atoms with van der Waals surface area (Å²) in [6.45, 7) is 0. The van der Waals surface area contributed by atoms with Crippen LogP contribution in [-0.4, -0.2) is 24.1 Å². The van der Waals surface area contributed by atoms with Gasteiger partial charge >= 0.3 is 5.97 Å². The van der Waals surface area contributed by atoms with Crippen molar-refractivity contribution in [2.45, 2.75) is 0 Å². The Balaban J connectivity index is 0.000000438. The third kappa shape index (κ3) is 6.34. The highest BCUT2D eigenvalue weighted by molar-refractivity contribution is 6.31. The minimum atomic E-state index is -1.30. The van der Waals surface area contributed by atoms with Crippen LogP contribution in [0.2, 0.25) is 10.0 Å². The number of carbonyl (C=O) groups is 2. The molecule has 6 nitrogen and oxygen atoms in total. The molecule has 0 atom stereocenters. The number of alkyl halides is 1. The van der Waals surface area contributed by atoms with Gasteiger partial charge < -0.3 is 22.3 Å². The molecule has 0 aliphatic rings. The van der Waals surface area contributed by atoms with Gasteiger partial charge in [-0.2, -0.15) is 0 Å². The number of carboxylic acid groups (broad SMARTS) is 1. The highest BCUT2D eigenvalue weighted by Crippen LogP contribution is 2.22. The first kappa shape index (κ1) is 21.4. The normalized spacial score (nSPS) is 9.81. The molecule has 0 fully saturated rings. The molecule has 11 heteroatoms. The van der Waals surface area contributed by atoms with Gasteiger partial charge in [-0.15, -0.1) is 0 Å². The van der Waals surface area contributed by atoms with Gasteiger partial charge in [0.1, 0.15) is 11.6 Å². The molecule has 0 radical (unpaired) electrons. The van der Waals surface area contributed by atoms with Gasteiger partial charge in [-0.3, -0.25) is 9.18 Å². The summed E-state index contributed by atoms with van der Waals surface area (Å²) in [6, 6.07) is 4.30. The summed E-state index contributed by atoms with van der Waals surface area (Å²) in [5.41, 5.74) is 14.2.